The highest BCUT2D eigenvalue weighted by atomic mass is 127. The molecule has 2 unspecified atom stereocenters. The van der Waals surface area contributed by atoms with Crippen LogP contribution in [0.15, 0.2) is 4.99 Å². The van der Waals surface area contributed by atoms with E-state index in [1.165, 1.54) is 6.42 Å². The number of guanidine groups is 1. The van der Waals surface area contributed by atoms with E-state index in [-0.39, 0.29) is 36.2 Å². The molecule has 21 heavy (non-hydrogen) atoms. The van der Waals surface area contributed by atoms with Crippen molar-refractivity contribution < 1.29 is 9.47 Å². The second-order valence-electron chi connectivity index (χ2n) is 5.50. The largest absolute Gasteiger partial charge is 0.375 e. The molecule has 0 bridgehead atoms. The van der Waals surface area contributed by atoms with E-state index in [4.69, 9.17) is 14.5 Å². The van der Waals surface area contributed by atoms with Gasteiger partial charge < -0.3 is 19.7 Å². The second kappa shape index (κ2) is 10.6. The van der Waals surface area contributed by atoms with Crippen molar-refractivity contribution in [2.75, 3.05) is 39.4 Å². The normalized spacial score (nSPS) is 26.6. The summed E-state index contributed by atoms with van der Waals surface area (Å²) in [5.41, 5.74) is 0. The highest BCUT2D eigenvalue weighted by molar-refractivity contribution is 14.0. The molecule has 1 N–H and O–H groups in total. The van der Waals surface area contributed by atoms with Gasteiger partial charge in [-0.05, 0) is 26.2 Å². The molecular formula is C15H30IN3O2. The van der Waals surface area contributed by atoms with Crippen LogP contribution in [0.25, 0.3) is 0 Å². The molecule has 0 aromatic rings. The minimum Gasteiger partial charge on any atom is -0.375 e. The van der Waals surface area contributed by atoms with E-state index < -0.39 is 0 Å². The highest BCUT2D eigenvalue weighted by Crippen LogP contribution is 2.21. The Morgan fingerprint density at radius 1 is 1.24 bits per heavy atom. The lowest BCUT2D eigenvalue weighted by molar-refractivity contribution is -0.0817. The van der Waals surface area contributed by atoms with Crippen molar-refractivity contribution in [3.63, 3.8) is 0 Å². The van der Waals surface area contributed by atoms with Gasteiger partial charge in [-0.25, -0.2) is 0 Å². The van der Waals surface area contributed by atoms with Gasteiger partial charge in [0.2, 0.25) is 0 Å². The number of nitrogens with zero attached hydrogens (tertiary/aromatic N) is 2. The minimum absolute atomic E-state index is 0. The summed E-state index contributed by atoms with van der Waals surface area (Å²) >= 11 is 0. The fourth-order valence-corrected chi connectivity index (χ4v) is 2.76. The van der Waals surface area contributed by atoms with Crippen LogP contribution >= 0.6 is 24.0 Å². The standard InChI is InChI=1S/C15H29N3O2.HI/c1-3-5-8-17-15(16-4-2)18-9-11-20-14(12-18)13-7-6-10-19-13;/h13-14H,3-12H2,1-2H3,(H,16,17);1H. The van der Waals surface area contributed by atoms with Gasteiger partial charge in [0, 0.05) is 32.8 Å². The van der Waals surface area contributed by atoms with Crippen LogP contribution in [-0.2, 0) is 9.47 Å². The van der Waals surface area contributed by atoms with Crippen LogP contribution in [0.5, 0.6) is 0 Å². The number of morpholine rings is 1. The van der Waals surface area contributed by atoms with Crippen LogP contribution in [0, 0.1) is 0 Å². The molecule has 5 nitrogen and oxygen atoms in total. The Bertz CT molecular complexity index is 309. The molecule has 2 heterocycles. The van der Waals surface area contributed by atoms with Gasteiger partial charge >= 0.3 is 0 Å². The van der Waals surface area contributed by atoms with E-state index in [0.29, 0.717) is 0 Å². The molecule has 0 aliphatic carbocycles. The zero-order valence-corrected chi connectivity index (χ0v) is 15.7. The van der Waals surface area contributed by atoms with Crippen LogP contribution < -0.4 is 5.32 Å². The predicted octanol–water partition coefficient (Wildman–Crippen LogP) is 2.25. The third-order valence-corrected chi connectivity index (χ3v) is 3.88. The van der Waals surface area contributed by atoms with Crippen molar-refractivity contribution >= 4 is 29.9 Å². The van der Waals surface area contributed by atoms with Crippen molar-refractivity contribution in [2.45, 2.75) is 51.7 Å². The topological polar surface area (TPSA) is 46.1 Å². The Labute approximate surface area is 145 Å². The fourth-order valence-electron chi connectivity index (χ4n) is 2.76. The summed E-state index contributed by atoms with van der Waals surface area (Å²) in [6.07, 6.45) is 5.09. The van der Waals surface area contributed by atoms with Crippen LogP contribution in [0.1, 0.15) is 39.5 Å². The average Bonchev–Trinajstić information content (AvgIpc) is 3.01. The van der Waals surface area contributed by atoms with Gasteiger partial charge in [-0.3, -0.25) is 4.99 Å². The Hall–Kier alpha value is -0.0800. The Morgan fingerprint density at radius 3 is 2.71 bits per heavy atom. The van der Waals surface area contributed by atoms with Gasteiger partial charge in [0.15, 0.2) is 5.96 Å². The number of aliphatic imine (C=N–C) groups is 1. The quantitative estimate of drug-likeness (QED) is 0.326. The number of halogens is 1. The van der Waals surface area contributed by atoms with E-state index in [1.54, 1.807) is 0 Å². The molecule has 2 aliphatic rings. The number of unbranched alkanes of at least 4 members (excludes halogenated alkanes) is 1. The average molecular weight is 411 g/mol. The van der Waals surface area contributed by atoms with E-state index in [2.05, 4.69) is 24.1 Å². The summed E-state index contributed by atoms with van der Waals surface area (Å²) in [4.78, 5) is 7.05. The lowest BCUT2D eigenvalue weighted by Crippen LogP contribution is -2.53. The number of hydrogen-bond donors (Lipinski definition) is 1. The first-order valence-corrected chi connectivity index (χ1v) is 8.11. The molecule has 2 fully saturated rings. The van der Waals surface area contributed by atoms with Crippen molar-refractivity contribution in [3.05, 3.63) is 0 Å². The van der Waals surface area contributed by atoms with E-state index >= 15 is 0 Å². The maximum Gasteiger partial charge on any atom is 0.194 e. The summed E-state index contributed by atoms with van der Waals surface area (Å²) in [5, 5.41) is 3.40. The SMILES string of the molecule is CCCCN=C(NCC)N1CCOC(C2CCCO2)C1.I. The first-order valence-electron chi connectivity index (χ1n) is 8.11. The lowest BCUT2D eigenvalue weighted by Gasteiger charge is -2.37. The Kier molecular flexibility index (Phi) is 9.59. The van der Waals surface area contributed by atoms with Crippen molar-refractivity contribution in [2.24, 2.45) is 4.99 Å². The minimum atomic E-state index is 0. The van der Waals surface area contributed by atoms with Crippen molar-refractivity contribution in [1.82, 2.24) is 10.2 Å². The van der Waals surface area contributed by atoms with Crippen molar-refractivity contribution in [3.8, 4) is 0 Å². The van der Waals surface area contributed by atoms with Gasteiger partial charge in [0.05, 0.1) is 12.7 Å². The van der Waals surface area contributed by atoms with Gasteiger partial charge in [0.25, 0.3) is 0 Å². The van der Waals surface area contributed by atoms with Crippen molar-refractivity contribution in [1.29, 1.82) is 0 Å². The molecular weight excluding hydrogens is 381 g/mol. The summed E-state index contributed by atoms with van der Waals surface area (Å²) in [5.74, 6) is 1.03. The van der Waals surface area contributed by atoms with Crippen LogP contribution in [0.4, 0.5) is 0 Å². The maximum absolute atomic E-state index is 5.90. The molecule has 0 spiro atoms. The highest BCUT2D eigenvalue weighted by Gasteiger charge is 2.32. The van der Waals surface area contributed by atoms with Crippen LogP contribution in [-0.4, -0.2) is 62.5 Å². The summed E-state index contributed by atoms with van der Waals surface area (Å²) in [6.45, 7) is 9.59. The molecule has 0 radical (unpaired) electrons. The molecule has 124 valence electrons. The third-order valence-electron chi connectivity index (χ3n) is 3.88. The summed E-state index contributed by atoms with van der Waals surface area (Å²) in [7, 11) is 0. The zero-order valence-electron chi connectivity index (χ0n) is 13.3. The molecule has 2 aliphatic heterocycles. The maximum atomic E-state index is 5.90. The Balaban J connectivity index is 0.00000220. The smallest absolute Gasteiger partial charge is 0.194 e. The third kappa shape index (κ3) is 5.90. The number of nitrogens with one attached hydrogen (secondary N) is 1. The Morgan fingerprint density at radius 2 is 2.05 bits per heavy atom. The van der Waals surface area contributed by atoms with E-state index in [9.17, 15) is 0 Å². The van der Waals surface area contributed by atoms with Crippen LogP contribution in [0.2, 0.25) is 0 Å². The molecule has 2 atom stereocenters. The van der Waals surface area contributed by atoms with E-state index in [0.717, 1.165) is 64.6 Å². The summed E-state index contributed by atoms with van der Waals surface area (Å²) in [6, 6.07) is 0. The number of ether oxygens (including phenoxy) is 2. The van der Waals surface area contributed by atoms with Crippen LogP contribution in [0.3, 0.4) is 0 Å². The molecule has 0 aromatic carbocycles. The first-order chi connectivity index (χ1) is 9.85. The molecule has 6 heteroatoms. The zero-order chi connectivity index (χ0) is 14.2. The first kappa shape index (κ1) is 19.0. The predicted molar refractivity (Wildman–Crippen MR) is 96.6 cm³/mol. The van der Waals surface area contributed by atoms with Gasteiger partial charge in [-0.1, -0.05) is 13.3 Å². The van der Waals surface area contributed by atoms with E-state index in [1.807, 2.05) is 0 Å². The number of hydrogen-bond acceptors (Lipinski definition) is 3. The van der Waals surface area contributed by atoms with Gasteiger partial charge in [-0.2, -0.15) is 0 Å². The molecule has 2 rings (SSSR count). The molecule has 0 amide bonds. The fraction of sp³-hybridized carbons (Fsp3) is 0.933. The molecule has 0 saturated carbocycles. The van der Waals surface area contributed by atoms with Gasteiger partial charge in [-0.15, -0.1) is 24.0 Å². The van der Waals surface area contributed by atoms with Gasteiger partial charge in [0.1, 0.15) is 6.10 Å². The monoisotopic (exact) mass is 411 g/mol. The summed E-state index contributed by atoms with van der Waals surface area (Å²) < 4.78 is 11.7. The molecule has 0 aromatic heterocycles. The number of rotatable bonds is 5. The lowest BCUT2D eigenvalue weighted by atomic mass is 10.1. The second-order valence-corrected chi connectivity index (χ2v) is 5.50. The molecule has 2 saturated heterocycles.